The maximum absolute atomic E-state index is 13.4. The van der Waals surface area contributed by atoms with E-state index in [4.69, 9.17) is 0 Å². The van der Waals surface area contributed by atoms with Crippen LogP contribution in [0.5, 0.6) is 0 Å². The fraction of sp³-hybridized carbons (Fsp3) is 0.0556. The lowest BCUT2D eigenvalue weighted by molar-refractivity contribution is 0.618. The van der Waals surface area contributed by atoms with Crippen LogP contribution in [-0.2, 0) is 0 Å². The van der Waals surface area contributed by atoms with E-state index in [0.29, 0.717) is 17.2 Å². The molecule has 0 aliphatic rings. The zero-order chi connectivity index (χ0) is 16.5. The molecule has 5 nitrogen and oxygen atoms in total. The second-order valence-electron chi connectivity index (χ2n) is 5.53. The van der Waals surface area contributed by atoms with Crippen LogP contribution in [0.15, 0.2) is 54.9 Å². The van der Waals surface area contributed by atoms with Crippen molar-refractivity contribution in [3.05, 3.63) is 66.2 Å². The number of aromatic nitrogens is 4. The van der Waals surface area contributed by atoms with Gasteiger partial charge in [-0.15, -0.1) is 0 Å². The number of aryl methyl sites for hydroxylation is 1. The number of hydrogen-bond donors (Lipinski definition) is 2. The van der Waals surface area contributed by atoms with Gasteiger partial charge in [-0.25, -0.2) is 14.4 Å². The molecule has 0 amide bonds. The molecular weight excluding hydrogens is 305 g/mol. The Bertz CT molecular complexity index is 1020. The van der Waals surface area contributed by atoms with Gasteiger partial charge in [0, 0.05) is 22.8 Å². The van der Waals surface area contributed by atoms with Crippen LogP contribution in [0.25, 0.3) is 22.3 Å². The second-order valence-corrected chi connectivity index (χ2v) is 5.53. The molecule has 2 N–H and O–H groups in total. The molecule has 0 spiro atoms. The van der Waals surface area contributed by atoms with Gasteiger partial charge in [0.2, 0.25) is 0 Å². The summed E-state index contributed by atoms with van der Waals surface area (Å²) < 4.78 is 13.4. The Balaban J connectivity index is 1.65. The van der Waals surface area contributed by atoms with Crippen molar-refractivity contribution in [1.29, 1.82) is 0 Å². The molecule has 0 unspecified atom stereocenters. The normalized spacial score (nSPS) is 10.9. The number of nitrogens with one attached hydrogen (secondary N) is 2. The number of benzene rings is 2. The summed E-state index contributed by atoms with van der Waals surface area (Å²) in [5.41, 5.74) is 3.23. The highest BCUT2D eigenvalue weighted by Gasteiger charge is 2.06. The minimum atomic E-state index is -0.235. The number of H-pyrrole nitrogens is 1. The van der Waals surface area contributed by atoms with Crippen molar-refractivity contribution in [3.8, 4) is 11.4 Å². The SMILES string of the molecule is Cc1cc(-c2nccc(Nc3ccc4[nH]ncc4c3)n2)ccc1F. The van der Waals surface area contributed by atoms with Gasteiger partial charge in [-0.2, -0.15) is 5.10 Å². The predicted molar refractivity (Wildman–Crippen MR) is 91.5 cm³/mol. The highest BCUT2D eigenvalue weighted by atomic mass is 19.1. The number of hydrogen-bond acceptors (Lipinski definition) is 4. The zero-order valence-electron chi connectivity index (χ0n) is 12.9. The Morgan fingerprint density at radius 1 is 1.08 bits per heavy atom. The smallest absolute Gasteiger partial charge is 0.161 e. The van der Waals surface area contributed by atoms with Gasteiger partial charge < -0.3 is 5.32 Å². The van der Waals surface area contributed by atoms with E-state index in [1.807, 2.05) is 18.2 Å². The zero-order valence-corrected chi connectivity index (χ0v) is 12.9. The van der Waals surface area contributed by atoms with Gasteiger partial charge in [0.25, 0.3) is 0 Å². The van der Waals surface area contributed by atoms with Gasteiger partial charge in [0.1, 0.15) is 11.6 Å². The van der Waals surface area contributed by atoms with Crippen molar-refractivity contribution in [2.45, 2.75) is 6.92 Å². The number of nitrogens with zero attached hydrogens (tertiary/aromatic N) is 3. The molecule has 6 heteroatoms. The maximum Gasteiger partial charge on any atom is 0.161 e. The molecule has 118 valence electrons. The van der Waals surface area contributed by atoms with Crippen LogP contribution in [0.1, 0.15) is 5.56 Å². The minimum Gasteiger partial charge on any atom is -0.340 e. The Labute approximate surface area is 137 Å². The van der Waals surface area contributed by atoms with Crippen molar-refractivity contribution < 1.29 is 4.39 Å². The molecular formula is C18H14FN5. The first-order chi connectivity index (χ1) is 11.7. The quantitative estimate of drug-likeness (QED) is 0.593. The molecule has 4 aromatic rings. The van der Waals surface area contributed by atoms with Crippen molar-refractivity contribution in [2.24, 2.45) is 0 Å². The summed E-state index contributed by atoms with van der Waals surface area (Å²) in [5, 5.41) is 11.2. The van der Waals surface area contributed by atoms with Gasteiger partial charge >= 0.3 is 0 Å². The van der Waals surface area contributed by atoms with Gasteiger partial charge in [-0.1, -0.05) is 0 Å². The summed E-state index contributed by atoms with van der Waals surface area (Å²) in [6, 6.07) is 12.5. The van der Waals surface area contributed by atoms with E-state index >= 15 is 0 Å². The average Bonchev–Trinajstić information content (AvgIpc) is 3.05. The van der Waals surface area contributed by atoms with Crippen LogP contribution in [0, 0.1) is 12.7 Å². The van der Waals surface area contributed by atoms with Gasteiger partial charge in [0.15, 0.2) is 5.82 Å². The summed E-state index contributed by atoms with van der Waals surface area (Å²) in [6.45, 7) is 1.72. The predicted octanol–water partition coefficient (Wildman–Crippen LogP) is 4.21. The van der Waals surface area contributed by atoms with Crippen LogP contribution < -0.4 is 5.32 Å². The maximum atomic E-state index is 13.4. The molecule has 2 aromatic carbocycles. The number of rotatable bonds is 3. The molecule has 0 bridgehead atoms. The molecule has 0 saturated carbocycles. The Kier molecular flexibility index (Phi) is 3.42. The first-order valence-corrected chi connectivity index (χ1v) is 7.49. The molecule has 2 aromatic heterocycles. The highest BCUT2D eigenvalue weighted by molar-refractivity contribution is 5.82. The molecule has 4 rings (SSSR count). The molecule has 0 fully saturated rings. The van der Waals surface area contributed by atoms with E-state index in [-0.39, 0.29) is 5.82 Å². The number of halogens is 1. The van der Waals surface area contributed by atoms with E-state index in [2.05, 4.69) is 25.5 Å². The summed E-state index contributed by atoms with van der Waals surface area (Å²) in [6.07, 6.45) is 3.45. The van der Waals surface area contributed by atoms with Crippen molar-refractivity contribution in [1.82, 2.24) is 20.2 Å². The summed E-state index contributed by atoms with van der Waals surface area (Å²) in [4.78, 5) is 8.78. The van der Waals surface area contributed by atoms with Crippen LogP contribution in [-0.4, -0.2) is 20.2 Å². The van der Waals surface area contributed by atoms with Crippen molar-refractivity contribution in [2.75, 3.05) is 5.32 Å². The third kappa shape index (κ3) is 2.69. The first kappa shape index (κ1) is 14.3. The molecule has 0 aliphatic heterocycles. The van der Waals surface area contributed by atoms with Crippen LogP contribution in [0.4, 0.5) is 15.9 Å². The number of fused-ring (bicyclic) bond motifs is 1. The van der Waals surface area contributed by atoms with E-state index in [0.717, 1.165) is 22.2 Å². The third-order valence-corrected chi connectivity index (χ3v) is 3.78. The number of anilines is 2. The summed E-state index contributed by atoms with van der Waals surface area (Å²) in [5.74, 6) is 0.985. The molecule has 24 heavy (non-hydrogen) atoms. The van der Waals surface area contributed by atoms with E-state index in [1.54, 1.807) is 37.5 Å². The van der Waals surface area contributed by atoms with E-state index in [9.17, 15) is 4.39 Å². The van der Waals surface area contributed by atoms with Crippen molar-refractivity contribution >= 4 is 22.4 Å². The monoisotopic (exact) mass is 319 g/mol. The topological polar surface area (TPSA) is 66.5 Å². The third-order valence-electron chi connectivity index (χ3n) is 3.78. The lowest BCUT2D eigenvalue weighted by Gasteiger charge is -2.08. The first-order valence-electron chi connectivity index (χ1n) is 7.49. The fourth-order valence-electron chi connectivity index (χ4n) is 2.52. The molecule has 0 radical (unpaired) electrons. The molecule has 0 atom stereocenters. The Morgan fingerprint density at radius 2 is 2.00 bits per heavy atom. The van der Waals surface area contributed by atoms with Gasteiger partial charge in [-0.05, 0) is 55.0 Å². The second kappa shape index (κ2) is 5.73. The highest BCUT2D eigenvalue weighted by Crippen LogP contribution is 2.23. The Morgan fingerprint density at radius 3 is 2.88 bits per heavy atom. The standard InChI is InChI=1S/C18H14FN5/c1-11-8-12(2-4-15(11)19)18-20-7-6-17(23-18)22-14-3-5-16-13(9-14)10-21-24-16/h2-10H,1H3,(H,21,24)(H,20,22,23). The van der Waals surface area contributed by atoms with Crippen LogP contribution >= 0.6 is 0 Å². The van der Waals surface area contributed by atoms with Gasteiger partial charge in [0.05, 0.1) is 11.7 Å². The van der Waals surface area contributed by atoms with Crippen LogP contribution in [0.2, 0.25) is 0 Å². The van der Waals surface area contributed by atoms with E-state index < -0.39 is 0 Å². The van der Waals surface area contributed by atoms with Gasteiger partial charge in [-0.3, -0.25) is 5.10 Å². The lowest BCUT2D eigenvalue weighted by atomic mass is 10.1. The molecule has 0 aliphatic carbocycles. The summed E-state index contributed by atoms with van der Waals surface area (Å²) in [7, 11) is 0. The fourth-order valence-corrected chi connectivity index (χ4v) is 2.52. The average molecular weight is 319 g/mol. The Hall–Kier alpha value is -3.28. The lowest BCUT2D eigenvalue weighted by Crippen LogP contribution is -1.97. The number of aromatic amines is 1. The largest absolute Gasteiger partial charge is 0.340 e. The van der Waals surface area contributed by atoms with Crippen molar-refractivity contribution in [3.63, 3.8) is 0 Å². The summed E-state index contributed by atoms with van der Waals surface area (Å²) >= 11 is 0. The van der Waals surface area contributed by atoms with E-state index in [1.165, 1.54) is 6.07 Å². The minimum absolute atomic E-state index is 0.235. The molecule has 0 saturated heterocycles. The molecule has 2 heterocycles. The van der Waals surface area contributed by atoms with Crippen LogP contribution in [0.3, 0.4) is 0 Å².